The Balaban J connectivity index is 2.26. The molecule has 1 aromatic heterocycles. The van der Waals surface area contributed by atoms with E-state index in [1.54, 1.807) is 18.4 Å². The van der Waals surface area contributed by atoms with Crippen molar-refractivity contribution in [3.63, 3.8) is 0 Å². The Labute approximate surface area is 111 Å². The molecule has 0 saturated heterocycles. The maximum atomic E-state index is 9.03. The van der Waals surface area contributed by atoms with E-state index in [4.69, 9.17) is 10.00 Å². The van der Waals surface area contributed by atoms with Gasteiger partial charge in [0.05, 0.1) is 24.8 Å². The van der Waals surface area contributed by atoms with Crippen molar-refractivity contribution in [1.82, 2.24) is 4.98 Å². The lowest BCUT2D eigenvalue weighted by Gasteiger charge is -2.01. The molecule has 4 heteroatoms. The third-order valence-corrected chi connectivity index (χ3v) is 3.69. The first-order valence-corrected chi connectivity index (χ1v) is 6.66. The fourth-order valence-corrected chi connectivity index (χ4v) is 2.56. The Morgan fingerprint density at radius 3 is 2.67 bits per heavy atom. The van der Waals surface area contributed by atoms with Gasteiger partial charge in [-0.2, -0.15) is 5.26 Å². The normalized spacial score (nSPS) is 11.8. The summed E-state index contributed by atoms with van der Waals surface area (Å²) in [5.74, 6) is 0.729. The molecule has 18 heavy (non-hydrogen) atoms. The van der Waals surface area contributed by atoms with E-state index in [2.05, 4.69) is 11.1 Å². The summed E-state index contributed by atoms with van der Waals surface area (Å²) in [5, 5.41) is 11.9. The topological polar surface area (TPSA) is 45.9 Å². The summed E-state index contributed by atoms with van der Waals surface area (Å²) >= 11 is 1.57. The Morgan fingerprint density at radius 1 is 1.39 bits per heavy atom. The highest BCUT2D eigenvalue weighted by atomic mass is 32.1. The third-order valence-electron chi connectivity index (χ3n) is 2.78. The van der Waals surface area contributed by atoms with Crippen molar-refractivity contribution in [2.24, 2.45) is 0 Å². The molecule has 0 aliphatic heterocycles. The van der Waals surface area contributed by atoms with Crippen LogP contribution in [0.5, 0.6) is 5.75 Å². The van der Waals surface area contributed by atoms with E-state index in [0.717, 1.165) is 28.4 Å². The van der Waals surface area contributed by atoms with Crippen LogP contribution in [0.4, 0.5) is 0 Å². The summed E-state index contributed by atoms with van der Waals surface area (Å²) < 4.78 is 5.12. The summed E-state index contributed by atoms with van der Waals surface area (Å²) in [6.07, 6.45) is 0.794. The molecule has 0 amide bonds. The smallest absolute Gasteiger partial charge is 0.123 e. The Morgan fingerprint density at radius 2 is 2.11 bits per heavy atom. The second-order valence-electron chi connectivity index (χ2n) is 3.90. The number of nitrogens with zero attached hydrogens (tertiary/aromatic N) is 2. The van der Waals surface area contributed by atoms with E-state index >= 15 is 0 Å². The van der Waals surface area contributed by atoms with Crippen LogP contribution >= 0.6 is 11.3 Å². The number of methoxy groups -OCH3 is 1. The zero-order valence-corrected chi connectivity index (χ0v) is 11.2. The minimum atomic E-state index is -0.103. The number of benzene rings is 1. The molecule has 1 heterocycles. The first-order chi connectivity index (χ1) is 8.78. The molecular formula is C14H14N2OS. The predicted molar refractivity (Wildman–Crippen MR) is 72.7 cm³/mol. The third kappa shape index (κ3) is 2.52. The van der Waals surface area contributed by atoms with Crippen molar-refractivity contribution in [2.75, 3.05) is 7.11 Å². The Hall–Kier alpha value is -1.86. The quantitative estimate of drug-likeness (QED) is 0.837. The maximum Gasteiger partial charge on any atom is 0.123 e. The van der Waals surface area contributed by atoms with Crippen LogP contribution in [0.15, 0.2) is 29.6 Å². The lowest BCUT2D eigenvalue weighted by molar-refractivity contribution is 0.415. The highest BCUT2D eigenvalue weighted by Gasteiger charge is 2.13. The number of aromatic nitrogens is 1. The van der Waals surface area contributed by atoms with Gasteiger partial charge in [0, 0.05) is 10.9 Å². The second-order valence-corrected chi connectivity index (χ2v) is 4.75. The zero-order valence-electron chi connectivity index (χ0n) is 10.4. The molecule has 0 radical (unpaired) electrons. The summed E-state index contributed by atoms with van der Waals surface area (Å²) in [5.41, 5.74) is 1.93. The lowest BCUT2D eigenvalue weighted by atomic mass is 10.1. The number of ether oxygens (including phenoxy) is 1. The molecule has 3 nitrogen and oxygen atoms in total. The highest BCUT2D eigenvalue weighted by Crippen LogP contribution is 2.29. The first-order valence-electron chi connectivity index (χ1n) is 5.78. The van der Waals surface area contributed by atoms with Gasteiger partial charge in [-0.25, -0.2) is 4.98 Å². The molecule has 0 saturated carbocycles. The minimum absolute atomic E-state index is 0.103. The van der Waals surface area contributed by atoms with Gasteiger partial charge in [0.2, 0.25) is 0 Å². The Kier molecular flexibility index (Phi) is 3.96. The molecule has 0 aliphatic carbocycles. The average molecular weight is 258 g/mol. The molecule has 1 aromatic carbocycles. The molecule has 0 aliphatic rings. The first kappa shape index (κ1) is 12.6. The van der Waals surface area contributed by atoms with Gasteiger partial charge in [-0.05, 0) is 30.7 Å². The van der Waals surface area contributed by atoms with E-state index in [0.29, 0.717) is 0 Å². The summed E-state index contributed by atoms with van der Waals surface area (Å²) in [7, 11) is 1.65. The number of hydrogen-bond acceptors (Lipinski definition) is 4. The van der Waals surface area contributed by atoms with Crippen molar-refractivity contribution < 1.29 is 4.74 Å². The van der Waals surface area contributed by atoms with E-state index in [1.807, 2.05) is 36.6 Å². The van der Waals surface area contributed by atoms with Crippen LogP contribution in [0.1, 0.15) is 25.0 Å². The van der Waals surface area contributed by atoms with Gasteiger partial charge in [0.15, 0.2) is 0 Å². The summed E-state index contributed by atoms with van der Waals surface area (Å²) in [6.45, 7) is 2.00. The largest absolute Gasteiger partial charge is 0.497 e. The summed E-state index contributed by atoms with van der Waals surface area (Å²) in [6, 6.07) is 10.1. The SMILES string of the molecule is CCC(C#N)c1csc(-c2ccc(OC)cc2)n1. The van der Waals surface area contributed by atoms with Crippen LogP contribution in [-0.4, -0.2) is 12.1 Å². The Bertz CT molecular complexity index is 554. The van der Waals surface area contributed by atoms with Gasteiger partial charge >= 0.3 is 0 Å². The van der Waals surface area contributed by atoms with Crippen LogP contribution in [0.25, 0.3) is 10.6 Å². The van der Waals surface area contributed by atoms with Crippen LogP contribution in [0.3, 0.4) is 0 Å². The molecule has 0 fully saturated rings. The molecule has 0 bridgehead atoms. The minimum Gasteiger partial charge on any atom is -0.497 e. The van der Waals surface area contributed by atoms with Crippen molar-refractivity contribution in [3.05, 3.63) is 35.3 Å². The van der Waals surface area contributed by atoms with Gasteiger partial charge in [0.1, 0.15) is 10.8 Å². The number of nitriles is 1. The van der Waals surface area contributed by atoms with Crippen molar-refractivity contribution in [2.45, 2.75) is 19.3 Å². The van der Waals surface area contributed by atoms with Crippen LogP contribution in [0.2, 0.25) is 0 Å². The standard InChI is InChI=1S/C14H14N2OS/c1-3-10(8-15)13-9-18-14(16-13)11-4-6-12(17-2)7-5-11/h4-7,9-10H,3H2,1-2H3. The van der Waals surface area contributed by atoms with Crippen LogP contribution in [-0.2, 0) is 0 Å². The highest BCUT2D eigenvalue weighted by molar-refractivity contribution is 7.13. The van der Waals surface area contributed by atoms with Crippen LogP contribution in [0, 0.1) is 11.3 Å². The number of hydrogen-bond donors (Lipinski definition) is 0. The lowest BCUT2D eigenvalue weighted by Crippen LogP contribution is -1.93. The molecule has 1 unspecified atom stereocenters. The maximum absolute atomic E-state index is 9.03. The molecule has 2 aromatic rings. The average Bonchev–Trinajstić information content (AvgIpc) is 2.90. The van der Waals surface area contributed by atoms with Gasteiger partial charge in [-0.1, -0.05) is 6.92 Å². The molecule has 2 rings (SSSR count). The van der Waals surface area contributed by atoms with Crippen molar-refractivity contribution in [3.8, 4) is 22.4 Å². The van der Waals surface area contributed by atoms with Gasteiger partial charge in [-0.3, -0.25) is 0 Å². The zero-order chi connectivity index (χ0) is 13.0. The van der Waals surface area contributed by atoms with Crippen LogP contribution < -0.4 is 4.74 Å². The van der Waals surface area contributed by atoms with E-state index < -0.39 is 0 Å². The van der Waals surface area contributed by atoms with Gasteiger partial charge in [-0.15, -0.1) is 11.3 Å². The van der Waals surface area contributed by atoms with E-state index in [9.17, 15) is 0 Å². The van der Waals surface area contributed by atoms with E-state index in [-0.39, 0.29) is 5.92 Å². The van der Waals surface area contributed by atoms with Crippen molar-refractivity contribution in [1.29, 1.82) is 5.26 Å². The predicted octanol–water partition coefficient (Wildman–Crippen LogP) is 3.84. The monoisotopic (exact) mass is 258 g/mol. The molecule has 0 N–H and O–H groups in total. The second kappa shape index (κ2) is 5.65. The fraction of sp³-hybridized carbons (Fsp3) is 0.286. The molecular weight excluding hydrogens is 244 g/mol. The number of thiazole rings is 1. The van der Waals surface area contributed by atoms with E-state index in [1.165, 1.54) is 0 Å². The van der Waals surface area contributed by atoms with Crippen molar-refractivity contribution >= 4 is 11.3 Å². The molecule has 0 spiro atoms. The fourth-order valence-electron chi connectivity index (χ4n) is 1.68. The number of rotatable bonds is 4. The molecule has 92 valence electrons. The van der Waals surface area contributed by atoms with Gasteiger partial charge < -0.3 is 4.74 Å². The van der Waals surface area contributed by atoms with Gasteiger partial charge in [0.25, 0.3) is 0 Å². The molecule has 1 atom stereocenters. The summed E-state index contributed by atoms with van der Waals surface area (Å²) in [4.78, 5) is 4.53.